The second-order valence-electron chi connectivity index (χ2n) is 7.37. The maximum Gasteiger partial charge on any atom is 0.242 e. The summed E-state index contributed by atoms with van der Waals surface area (Å²) in [5, 5.41) is 0. The van der Waals surface area contributed by atoms with Crippen LogP contribution in [-0.2, 0) is 20.9 Å². The van der Waals surface area contributed by atoms with Gasteiger partial charge in [-0.3, -0.25) is 9.59 Å². The molecular formula is C20H32N2O4. The smallest absolute Gasteiger partial charge is 0.242 e. The van der Waals surface area contributed by atoms with E-state index in [1.165, 1.54) is 0 Å². The lowest BCUT2D eigenvalue weighted by Gasteiger charge is -2.32. The number of amides is 2. The summed E-state index contributed by atoms with van der Waals surface area (Å²) in [4.78, 5) is 29.1. The fraction of sp³-hybridized carbons (Fsp3) is 0.700. The van der Waals surface area contributed by atoms with Crippen molar-refractivity contribution in [3.8, 4) is 0 Å². The SMILES string of the molecule is CC[C@H](C)N(CC(=O)N(Cc1ccco1)C[C@@H]1CCCO1)C(=O)C(C)C. The predicted octanol–water partition coefficient (Wildman–Crippen LogP) is 3.07. The Bertz CT molecular complexity index is 564. The van der Waals surface area contributed by atoms with E-state index >= 15 is 0 Å². The Labute approximate surface area is 156 Å². The summed E-state index contributed by atoms with van der Waals surface area (Å²) in [7, 11) is 0. The van der Waals surface area contributed by atoms with E-state index in [1.54, 1.807) is 16.1 Å². The molecule has 0 spiro atoms. The van der Waals surface area contributed by atoms with Gasteiger partial charge in [-0.05, 0) is 38.3 Å². The Hall–Kier alpha value is -1.82. The molecule has 146 valence electrons. The molecule has 6 nitrogen and oxygen atoms in total. The summed E-state index contributed by atoms with van der Waals surface area (Å²) in [6, 6.07) is 3.71. The highest BCUT2D eigenvalue weighted by Gasteiger charge is 2.28. The van der Waals surface area contributed by atoms with Crippen LogP contribution in [0.4, 0.5) is 0 Å². The van der Waals surface area contributed by atoms with E-state index < -0.39 is 0 Å². The lowest BCUT2D eigenvalue weighted by molar-refractivity contribution is -0.145. The van der Waals surface area contributed by atoms with E-state index in [0.717, 1.165) is 31.6 Å². The molecule has 26 heavy (non-hydrogen) atoms. The number of ether oxygens (including phenoxy) is 1. The molecule has 6 heteroatoms. The molecule has 1 aliphatic rings. The summed E-state index contributed by atoms with van der Waals surface area (Å²) in [5.41, 5.74) is 0. The van der Waals surface area contributed by atoms with Crippen molar-refractivity contribution in [1.82, 2.24) is 9.80 Å². The molecule has 0 unspecified atom stereocenters. The van der Waals surface area contributed by atoms with Gasteiger partial charge in [0, 0.05) is 25.1 Å². The quantitative estimate of drug-likeness (QED) is 0.675. The van der Waals surface area contributed by atoms with Crippen LogP contribution in [0.1, 0.15) is 52.7 Å². The first-order valence-corrected chi connectivity index (χ1v) is 9.64. The minimum atomic E-state index is -0.131. The Morgan fingerprint density at radius 3 is 2.62 bits per heavy atom. The van der Waals surface area contributed by atoms with Crippen molar-refractivity contribution in [2.24, 2.45) is 5.92 Å². The van der Waals surface area contributed by atoms with Gasteiger partial charge in [0.15, 0.2) is 0 Å². The minimum Gasteiger partial charge on any atom is -0.467 e. The van der Waals surface area contributed by atoms with Gasteiger partial charge in [0.05, 0.1) is 18.9 Å². The van der Waals surface area contributed by atoms with E-state index in [9.17, 15) is 9.59 Å². The minimum absolute atomic E-state index is 0.0164. The van der Waals surface area contributed by atoms with Crippen molar-refractivity contribution in [2.75, 3.05) is 19.7 Å². The first kappa shape index (κ1) is 20.5. The number of nitrogens with zero attached hydrogens (tertiary/aromatic N) is 2. The van der Waals surface area contributed by atoms with E-state index in [-0.39, 0.29) is 36.4 Å². The number of furan rings is 1. The van der Waals surface area contributed by atoms with Crippen molar-refractivity contribution in [2.45, 2.75) is 65.6 Å². The van der Waals surface area contributed by atoms with Crippen LogP contribution in [0.2, 0.25) is 0 Å². The first-order valence-electron chi connectivity index (χ1n) is 9.64. The van der Waals surface area contributed by atoms with Gasteiger partial charge < -0.3 is 19.0 Å². The van der Waals surface area contributed by atoms with Crippen LogP contribution < -0.4 is 0 Å². The van der Waals surface area contributed by atoms with E-state index in [2.05, 4.69) is 0 Å². The molecule has 2 rings (SSSR count). The van der Waals surface area contributed by atoms with Crippen molar-refractivity contribution in [1.29, 1.82) is 0 Å². The van der Waals surface area contributed by atoms with Crippen molar-refractivity contribution < 1.29 is 18.7 Å². The van der Waals surface area contributed by atoms with Crippen LogP contribution in [0, 0.1) is 5.92 Å². The average Bonchev–Trinajstić information content (AvgIpc) is 3.31. The van der Waals surface area contributed by atoms with Crippen LogP contribution >= 0.6 is 0 Å². The summed E-state index contributed by atoms with van der Waals surface area (Å²) in [6.07, 6.45) is 4.47. The van der Waals surface area contributed by atoms with Crippen molar-refractivity contribution in [3.63, 3.8) is 0 Å². The van der Waals surface area contributed by atoms with Gasteiger partial charge in [-0.15, -0.1) is 0 Å². The highest BCUT2D eigenvalue weighted by molar-refractivity contribution is 5.86. The van der Waals surface area contributed by atoms with Gasteiger partial charge >= 0.3 is 0 Å². The zero-order valence-corrected chi connectivity index (χ0v) is 16.4. The first-order chi connectivity index (χ1) is 12.4. The fourth-order valence-electron chi connectivity index (χ4n) is 3.13. The van der Waals surface area contributed by atoms with Gasteiger partial charge in [0.2, 0.25) is 11.8 Å². The van der Waals surface area contributed by atoms with Gasteiger partial charge in [0.1, 0.15) is 12.3 Å². The van der Waals surface area contributed by atoms with Crippen LogP contribution in [-0.4, -0.2) is 53.5 Å². The Balaban J connectivity index is 2.10. The molecule has 0 aliphatic carbocycles. The van der Waals surface area contributed by atoms with Gasteiger partial charge in [-0.1, -0.05) is 20.8 Å². The number of rotatable bonds is 9. The van der Waals surface area contributed by atoms with E-state index in [0.29, 0.717) is 13.1 Å². The summed E-state index contributed by atoms with van der Waals surface area (Å²) < 4.78 is 11.1. The van der Waals surface area contributed by atoms with Gasteiger partial charge in [-0.25, -0.2) is 0 Å². The third-order valence-corrected chi connectivity index (χ3v) is 4.93. The highest BCUT2D eigenvalue weighted by atomic mass is 16.5. The molecule has 2 atom stereocenters. The molecule has 1 aromatic rings. The Morgan fingerprint density at radius 2 is 2.08 bits per heavy atom. The fourth-order valence-corrected chi connectivity index (χ4v) is 3.13. The normalized spacial score (nSPS) is 18.1. The topological polar surface area (TPSA) is 63.0 Å². The molecule has 1 aliphatic heterocycles. The van der Waals surface area contributed by atoms with E-state index in [1.807, 2.05) is 39.8 Å². The summed E-state index contributed by atoms with van der Waals surface area (Å²) in [5.74, 6) is 0.559. The Kier molecular flexibility index (Phi) is 7.69. The van der Waals surface area contributed by atoms with Gasteiger partial charge in [0.25, 0.3) is 0 Å². The molecule has 2 heterocycles. The highest BCUT2D eigenvalue weighted by Crippen LogP contribution is 2.17. The second kappa shape index (κ2) is 9.76. The third kappa shape index (κ3) is 5.59. The van der Waals surface area contributed by atoms with Gasteiger partial charge in [-0.2, -0.15) is 0 Å². The summed E-state index contributed by atoms with van der Waals surface area (Å²) >= 11 is 0. The lowest BCUT2D eigenvalue weighted by atomic mass is 10.1. The monoisotopic (exact) mass is 364 g/mol. The molecular weight excluding hydrogens is 332 g/mol. The average molecular weight is 364 g/mol. The maximum absolute atomic E-state index is 13.0. The molecule has 0 N–H and O–H groups in total. The number of hydrogen-bond donors (Lipinski definition) is 0. The third-order valence-electron chi connectivity index (χ3n) is 4.93. The van der Waals surface area contributed by atoms with Crippen LogP contribution in [0.25, 0.3) is 0 Å². The Morgan fingerprint density at radius 1 is 1.31 bits per heavy atom. The van der Waals surface area contributed by atoms with Crippen molar-refractivity contribution in [3.05, 3.63) is 24.2 Å². The zero-order valence-electron chi connectivity index (χ0n) is 16.4. The zero-order chi connectivity index (χ0) is 19.1. The second-order valence-corrected chi connectivity index (χ2v) is 7.37. The standard InChI is InChI=1S/C20H32N2O4/c1-5-16(4)22(20(24)15(2)3)14-19(23)21(12-17-8-6-10-25-17)13-18-9-7-11-26-18/h6,8,10,15-16,18H,5,7,9,11-14H2,1-4H3/t16-,18-/m0/s1. The molecule has 1 aromatic heterocycles. The number of carbonyl (C=O) groups is 2. The van der Waals surface area contributed by atoms with Crippen molar-refractivity contribution >= 4 is 11.8 Å². The molecule has 0 saturated carbocycles. The molecule has 2 amide bonds. The molecule has 0 radical (unpaired) electrons. The molecule has 1 fully saturated rings. The molecule has 1 saturated heterocycles. The summed E-state index contributed by atoms with van der Waals surface area (Å²) in [6.45, 7) is 9.54. The number of hydrogen-bond acceptors (Lipinski definition) is 4. The maximum atomic E-state index is 13.0. The predicted molar refractivity (Wildman–Crippen MR) is 99.4 cm³/mol. The van der Waals surface area contributed by atoms with Crippen LogP contribution in [0.3, 0.4) is 0 Å². The molecule has 0 bridgehead atoms. The molecule has 0 aromatic carbocycles. The van der Waals surface area contributed by atoms with Crippen LogP contribution in [0.15, 0.2) is 22.8 Å². The van der Waals surface area contributed by atoms with Crippen LogP contribution in [0.5, 0.6) is 0 Å². The van der Waals surface area contributed by atoms with E-state index in [4.69, 9.17) is 9.15 Å². The number of carbonyl (C=O) groups excluding carboxylic acids is 2. The largest absolute Gasteiger partial charge is 0.467 e. The lowest BCUT2D eigenvalue weighted by Crippen LogP contribution is -2.49.